The molecule has 0 unspecified atom stereocenters. The van der Waals surface area contributed by atoms with Crippen LogP contribution in [0.15, 0.2) is 81.7 Å². The minimum Gasteiger partial charge on any atom is -0.496 e. The Kier molecular flexibility index (Phi) is 10.3. The van der Waals surface area contributed by atoms with Crippen LogP contribution in [0.3, 0.4) is 0 Å². The van der Waals surface area contributed by atoms with Crippen molar-refractivity contribution in [2.75, 3.05) is 27.3 Å². The van der Waals surface area contributed by atoms with Crippen molar-refractivity contribution >= 4 is 45.9 Å². The highest BCUT2D eigenvalue weighted by Crippen LogP contribution is 2.37. The number of carbonyl (C=O) groups is 1. The van der Waals surface area contributed by atoms with Crippen LogP contribution in [0.2, 0.25) is 0 Å². The standard InChI is InChI=1S/C35H33IN4O5S/c1-6-39(7-2)34(42)30-21(3)38-35-40(31(30)25-14-10-11-15-27(25)43-4)33(41)29(46-35)18-22-16-26(36)32(28(17-22)44-5)45-20-24-13-9-8-12-23(24)19-37/h8-18,31H,6-7,20H2,1-5H3/b29-18+/t31-/m1/s1. The van der Waals surface area contributed by atoms with E-state index in [-0.39, 0.29) is 18.1 Å². The third-order valence-electron chi connectivity index (χ3n) is 7.80. The highest BCUT2D eigenvalue weighted by atomic mass is 127. The molecule has 1 aromatic heterocycles. The second kappa shape index (κ2) is 14.3. The van der Waals surface area contributed by atoms with Gasteiger partial charge in [-0.1, -0.05) is 47.7 Å². The molecule has 0 fully saturated rings. The molecule has 1 aliphatic rings. The lowest BCUT2D eigenvalue weighted by atomic mass is 9.94. The molecule has 1 aliphatic heterocycles. The van der Waals surface area contributed by atoms with Crippen LogP contribution in [0.4, 0.5) is 0 Å². The smallest absolute Gasteiger partial charge is 0.271 e. The van der Waals surface area contributed by atoms with Crippen LogP contribution in [0.1, 0.15) is 49.1 Å². The van der Waals surface area contributed by atoms with Crippen molar-refractivity contribution in [2.45, 2.75) is 33.4 Å². The summed E-state index contributed by atoms with van der Waals surface area (Å²) in [5.74, 6) is 1.45. The van der Waals surface area contributed by atoms with Crippen molar-refractivity contribution in [3.63, 3.8) is 0 Å². The number of carbonyl (C=O) groups excluding carboxylic acids is 1. The largest absolute Gasteiger partial charge is 0.496 e. The maximum Gasteiger partial charge on any atom is 0.271 e. The average molecular weight is 749 g/mol. The van der Waals surface area contributed by atoms with E-state index in [0.717, 1.165) is 14.7 Å². The fourth-order valence-electron chi connectivity index (χ4n) is 5.48. The summed E-state index contributed by atoms with van der Waals surface area (Å²) in [7, 11) is 3.14. The number of ether oxygens (including phenoxy) is 3. The van der Waals surface area contributed by atoms with Crippen LogP contribution < -0.4 is 29.1 Å². The lowest BCUT2D eigenvalue weighted by Crippen LogP contribution is -2.43. The van der Waals surface area contributed by atoms with Crippen molar-refractivity contribution in [3.05, 3.63) is 117 Å². The van der Waals surface area contributed by atoms with E-state index in [1.54, 1.807) is 35.8 Å². The van der Waals surface area contributed by atoms with Crippen molar-refractivity contribution in [3.8, 4) is 23.3 Å². The Labute approximate surface area is 284 Å². The summed E-state index contributed by atoms with van der Waals surface area (Å²) in [4.78, 5) is 35.1. The molecule has 0 radical (unpaired) electrons. The zero-order valence-corrected chi connectivity index (χ0v) is 29.1. The van der Waals surface area contributed by atoms with E-state index in [0.29, 0.717) is 62.1 Å². The van der Waals surface area contributed by atoms with Crippen LogP contribution in [0.25, 0.3) is 6.08 Å². The highest BCUT2D eigenvalue weighted by molar-refractivity contribution is 14.1. The number of methoxy groups -OCH3 is 2. The van der Waals surface area contributed by atoms with Crippen molar-refractivity contribution in [1.82, 2.24) is 9.47 Å². The number of nitrogens with zero attached hydrogens (tertiary/aromatic N) is 4. The number of amides is 1. The van der Waals surface area contributed by atoms with E-state index in [2.05, 4.69) is 28.7 Å². The van der Waals surface area contributed by atoms with Gasteiger partial charge in [0, 0.05) is 24.2 Å². The van der Waals surface area contributed by atoms with Gasteiger partial charge in [-0.2, -0.15) is 5.26 Å². The number of allylic oxidation sites excluding steroid dienone is 1. The first-order valence-electron chi connectivity index (χ1n) is 14.7. The lowest BCUT2D eigenvalue weighted by Gasteiger charge is -2.29. The van der Waals surface area contributed by atoms with Gasteiger partial charge in [0.15, 0.2) is 16.3 Å². The van der Waals surface area contributed by atoms with Crippen molar-refractivity contribution in [1.29, 1.82) is 5.26 Å². The second-order valence-electron chi connectivity index (χ2n) is 10.4. The third kappa shape index (κ3) is 6.32. The molecule has 4 aromatic rings. The van der Waals surface area contributed by atoms with Crippen LogP contribution in [0, 0.1) is 14.9 Å². The van der Waals surface area contributed by atoms with Gasteiger partial charge in [-0.05, 0) is 79.3 Å². The Balaban J connectivity index is 1.61. The van der Waals surface area contributed by atoms with Gasteiger partial charge in [-0.3, -0.25) is 14.2 Å². The highest BCUT2D eigenvalue weighted by Gasteiger charge is 2.35. The Bertz CT molecular complexity index is 2060. The van der Waals surface area contributed by atoms with E-state index in [1.165, 1.54) is 11.3 Å². The third-order valence-corrected chi connectivity index (χ3v) is 9.58. The van der Waals surface area contributed by atoms with Gasteiger partial charge >= 0.3 is 0 Å². The first-order valence-corrected chi connectivity index (χ1v) is 16.6. The zero-order chi connectivity index (χ0) is 33.0. The molecule has 11 heteroatoms. The Hall–Kier alpha value is -4.41. The van der Waals surface area contributed by atoms with Gasteiger partial charge in [0.2, 0.25) is 0 Å². The number of thiazole rings is 1. The minimum atomic E-state index is -0.718. The summed E-state index contributed by atoms with van der Waals surface area (Å²) in [6, 6.07) is 19.9. The molecular formula is C35H33IN4O5S. The minimum absolute atomic E-state index is 0.163. The SMILES string of the molecule is CCN(CC)C(=O)C1=C(C)N=c2s/c(=C/c3cc(I)c(OCc4ccccc4C#N)c(OC)c3)c(=O)n2[C@@H]1c1ccccc1OC. The molecule has 3 aromatic carbocycles. The maximum absolute atomic E-state index is 14.2. The number of para-hydroxylation sites is 1. The fourth-order valence-corrected chi connectivity index (χ4v) is 7.31. The molecule has 1 atom stereocenters. The second-order valence-corrected chi connectivity index (χ2v) is 12.6. The summed E-state index contributed by atoms with van der Waals surface area (Å²) in [5.41, 5.74) is 3.51. The fraction of sp³-hybridized carbons (Fsp3) is 0.257. The van der Waals surface area contributed by atoms with Crippen LogP contribution in [-0.4, -0.2) is 42.7 Å². The van der Waals surface area contributed by atoms with Gasteiger partial charge < -0.3 is 19.1 Å². The topological polar surface area (TPSA) is 106 Å². The Morgan fingerprint density at radius 1 is 1.09 bits per heavy atom. The number of hydrogen-bond donors (Lipinski definition) is 0. The van der Waals surface area contributed by atoms with E-state index < -0.39 is 6.04 Å². The average Bonchev–Trinajstić information content (AvgIpc) is 3.37. The van der Waals surface area contributed by atoms with E-state index in [1.807, 2.05) is 75.4 Å². The normalized spacial score (nSPS) is 14.3. The van der Waals surface area contributed by atoms with Gasteiger partial charge in [0.25, 0.3) is 11.5 Å². The first-order chi connectivity index (χ1) is 22.3. The molecule has 0 saturated carbocycles. The van der Waals surface area contributed by atoms with Crippen LogP contribution in [0.5, 0.6) is 17.2 Å². The summed E-state index contributed by atoms with van der Waals surface area (Å²) >= 11 is 3.44. The van der Waals surface area contributed by atoms with Gasteiger partial charge in [-0.15, -0.1) is 0 Å². The molecule has 46 heavy (non-hydrogen) atoms. The van der Waals surface area contributed by atoms with E-state index >= 15 is 0 Å². The van der Waals surface area contributed by atoms with E-state index in [4.69, 9.17) is 19.2 Å². The molecular weight excluding hydrogens is 715 g/mol. The maximum atomic E-state index is 14.2. The summed E-state index contributed by atoms with van der Waals surface area (Å²) in [6.45, 7) is 6.94. The van der Waals surface area contributed by atoms with Gasteiger partial charge in [-0.25, -0.2) is 4.99 Å². The lowest BCUT2D eigenvalue weighted by molar-refractivity contribution is -0.127. The monoisotopic (exact) mass is 748 g/mol. The molecule has 0 bridgehead atoms. The summed E-state index contributed by atoms with van der Waals surface area (Å²) in [5, 5.41) is 9.44. The van der Waals surface area contributed by atoms with Gasteiger partial charge in [0.1, 0.15) is 18.4 Å². The number of hydrogen-bond acceptors (Lipinski definition) is 8. The molecule has 2 heterocycles. The molecule has 0 saturated heterocycles. The number of fused-ring (bicyclic) bond motifs is 1. The molecule has 0 N–H and O–H groups in total. The summed E-state index contributed by atoms with van der Waals surface area (Å²) in [6.07, 6.45) is 1.80. The molecule has 5 rings (SSSR count). The zero-order valence-electron chi connectivity index (χ0n) is 26.2. The quantitative estimate of drug-likeness (QED) is 0.207. The molecule has 236 valence electrons. The van der Waals surface area contributed by atoms with Crippen LogP contribution >= 0.6 is 33.9 Å². The number of nitriles is 1. The molecule has 9 nitrogen and oxygen atoms in total. The van der Waals surface area contributed by atoms with Crippen molar-refractivity contribution in [2.24, 2.45) is 4.99 Å². The number of likely N-dealkylation sites (N-methyl/N-ethyl adjacent to an activating group) is 1. The number of benzene rings is 3. The molecule has 0 spiro atoms. The predicted molar refractivity (Wildman–Crippen MR) is 186 cm³/mol. The Morgan fingerprint density at radius 3 is 2.48 bits per heavy atom. The van der Waals surface area contributed by atoms with E-state index in [9.17, 15) is 14.9 Å². The molecule has 1 amide bonds. The summed E-state index contributed by atoms with van der Waals surface area (Å²) < 4.78 is 20.3. The Morgan fingerprint density at radius 2 is 1.78 bits per heavy atom. The first kappa shape index (κ1) is 33.0. The van der Waals surface area contributed by atoms with Crippen LogP contribution in [-0.2, 0) is 11.4 Å². The number of rotatable bonds is 10. The van der Waals surface area contributed by atoms with Crippen molar-refractivity contribution < 1.29 is 19.0 Å². The number of halogens is 1. The molecule has 0 aliphatic carbocycles. The predicted octanol–water partition coefficient (Wildman–Crippen LogP) is 5.18. The van der Waals surface area contributed by atoms with Gasteiger partial charge in [0.05, 0.1) is 45.2 Å². The number of aromatic nitrogens is 1.